The van der Waals surface area contributed by atoms with Crippen LogP contribution < -0.4 is 5.73 Å². The van der Waals surface area contributed by atoms with Gasteiger partial charge in [-0.3, -0.25) is 0 Å². The maximum absolute atomic E-state index is 12.7. The first-order valence-electron chi connectivity index (χ1n) is 3.82. The molecule has 0 spiro atoms. The Morgan fingerprint density at radius 1 is 1.31 bits per heavy atom. The molecule has 72 valence electrons. The van der Waals surface area contributed by atoms with Gasteiger partial charge in [-0.2, -0.15) is 0 Å². The molecule has 1 atom stereocenters. The monoisotopic (exact) mass is 187 g/mol. The van der Waals surface area contributed by atoms with Crippen LogP contribution in [0.25, 0.3) is 0 Å². The van der Waals surface area contributed by atoms with Crippen LogP contribution in [0, 0.1) is 11.6 Å². The van der Waals surface area contributed by atoms with E-state index < -0.39 is 17.2 Å². The molecule has 0 amide bonds. The Morgan fingerprint density at radius 2 is 1.77 bits per heavy atom. The van der Waals surface area contributed by atoms with E-state index in [0.717, 1.165) is 18.2 Å². The van der Waals surface area contributed by atoms with Crippen molar-refractivity contribution in [3.8, 4) is 0 Å². The first kappa shape index (κ1) is 10.1. The second kappa shape index (κ2) is 3.40. The van der Waals surface area contributed by atoms with Gasteiger partial charge in [0.1, 0.15) is 11.6 Å². The van der Waals surface area contributed by atoms with Crippen LogP contribution in [0.3, 0.4) is 0 Å². The Balaban J connectivity index is 3.15. The fourth-order valence-corrected chi connectivity index (χ4v) is 0.975. The van der Waals surface area contributed by atoms with Gasteiger partial charge in [0.2, 0.25) is 0 Å². The lowest BCUT2D eigenvalue weighted by Gasteiger charge is -2.22. The summed E-state index contributed by atoms with van der Waals surface area (Å²) in [7, 11) is 0. The molecule has 0 aliphatic rings. The molecule has 1 aromatic rings. The van der Waals surface area contributed by atoms with Crippen LogP contribution >= 0.6 is 0 Å². The van der Waals surface area contributed by atoms with Crippen LogP contribution in [-0.4, -0.2) is 11.7 Å². The van der Waals surface area contributed by atoms with E-state index in [-0.39, 0.29) is 12.2 Å². The largest absolute Gasteiger partial charge is 0.394 e. The Kier molecular flexibility index (Phi) is 2.63. The molecule has 0 heterocycles. The molecule has 0 fully saturated rings. The zero-order chi connectivity index (χ0) is 10.1. The van der Waals surface area contributed by atoms with E-state index in [4.69, 9.17) is 10.8 Å². The summed E-state index contributed by atoms with van der Waals surface area (Å²) < 4.78 is 25.4. The number of benzene rings is 1. The van der Waals surface area contributed by atoms with Crippen LogP contribution in [0.1, 0.15) is 12.5 Å². The minimum absolute atomic E-state index is 0.243. The third kappa shape index (κ3) is 2.23. The van der Waals surface area contributed by atoms with Gasteiger partial charge < -0.3 is 10.8 Å². The summed E-state index contributed by atoms with van der Waals surface area (Å²) in [5.41, 5.74) is 4.73. The summed E-state index contributed by atoms with van der Waals surface area (Å²) in [4.78, 5) is 0. The number of hydrogen-bond acceptors (Lipinski definition) is 2. The maximum atomic E-state index is 12.7. The molecular weight excluding hydrogens is 176 g/mol. The standard InChI is InChI=1S/C9H11F2NO/c1-9(12,5-13)6-2-7(10)4-8(11)3-6/h2-4,13H,5,12H2,1H3. The second-order valence-corrected chi connectivity index (χ2v) is 3.23. The van der Waals surface area contributed by atoms with Crippen molar-refractivity contribution in [2.24, 2.45) is 5.73 Å². The van der Waals surface area contributed by atoms with Crippen molar-refractivity contribution in [1.82, 2.24) is 0 Å². The van der Waals surface area contributed by atoms with E-state index >= 15 is 0 Å². The van der Waals surface area contributed by atoms with Gasteiger partial charge >= 0.3 is 0 Å². The smallest absolute Gasteiger partial charge is 0.126 e. The number of aliphatic hydroxyl groups is 1. The zero-order valence-electron chi connectivity index (χ0n) is 7.22. The molecule has 0 aromatic heterocycles. The molecule has 1 aromatic carbocycles. The maximum Gasteiger partial charge on any atom is 0.126 e. The van der Waals surface area contributed by atoms with E-state index in [1.165, 1.54) is 6.92 Å². The number of rotatable bonds is 2. The van der Waals surface area contributed by atoms with Crippen molar-refractivity contribution in [1.29, 1.82) is 0 Å². The summed E-state index contributed by atoms with van der Waals surface area (Å²) in [6, 6.07) is 2.98. The molecule has 3 N–H and O–H groups in total. The summed E-state index contributed by atoms with van der Waals surface area (Å²) in [6.07, 6.45) is 0. The quantitative estimate of drug-likeness (QED) is 0.729. The molecular formula is C9H11F2NO. The number of nitrogens with two attached hydrogens (primary N) is 1. The summed E-state index contributed by atoms with van der Waals surface area (Å²) in [5, 5.41) is 8.86. The van der Waals surface area contributed by atoms with Crippen molar-refractivity contribution >= 4 is 0 Å². The Bertz CT molecular complexity index is 292. The van der Waals surface area contributed by atoms with Crippen molar-refractivity contribution < 1.29 is 13.9 Å². The zero-order valence-corrected chi connectivity index (χ0v) is 7.22. The van der Waals surface area contributed by atoms with Crippen molar-refractivity contribution in [2.75, 3.05) is 6.61 Å². The third-order valence-corrected chi connectivity index (χ3v) is 1.85. The molecule has 0 radical (unpaired) electrons. The summed E-state index contributed by atoms with van der Waals surface area (Å²) in [5.74, 6) is -1.39. The molecule has 0 aliphatic carbocycles. The topological polar surface area (TPSA) is 46.2 Å². The molecule has 1 unspecified atom stereocenters. The highest BCUT2D eigenvalue weighted by atomic mass is 19.1. The molecule has 0 aliphatic heterocycles. The van der Waals surface area contributed by atoms with Gasteiger partial charge in [-0.05, 0) is 24.6 Å². The van der Waals surface area contributed by atoms with Gasteiger partial charge in [0.25, 0.3) is 0 Å². The predicted molar refractivity (Wildman–Crippen MR) is 45.0 cm³/mol. The molecule has 0 saturated carbocycles. The molecule has 0 saturated heterocycles. The van der Waals surface area contributed by atoms with E-state index in [1.54, 1.807) is 0 Å². The van der Waals surface area contributed by atoms with E-state index in [0.29, 0.717) is 0 Å². The van der Waals surface area contributed by atoms with Gasteiger partial charge in [-0.25, -0.2) is 8.78 Å². The first-order valence-corrected chi connectivity index (χ1v) is 3.82. The van der Waals surface area contributed by atoms with Crippen LogP contribution in [0.2, 0.25) is 0 Å². The lowest BCUT2D eigenvalue weighted by Crippen LogP contribution is -2.37. The minimum atomic E-state index is -1.11. The molecule has 2 nitrogen and oxygen atoms in total. The molecule has 4 heteroatoms. The second-order valence-electron chi connectivity index (χ2n) is 3.23. The Labute approximate surface area is 75.0 Å². The Hall–Kier alpha value is -1.00. The van der Waals surface area contributed by atoms with Crippen LogP contribution in [0.5, 0.6) is 0 Å². The fraction of sp³-hybridized carbons (Fsp3) is 0.333. The number of halogens is 2. The molecule has 13 heavy (non-hydrogen) atoms. The van der Waals surface area contributed by atoms with Gasteiger partial charge in [0.05, 0.1) is 12.1 Å². The van der Waals surface area contributed by atoms with Crippen LogP contribution in [0.15, 0.2) is 18.2 Å². The van der Waals surface area contributed by atoms with Crippen molar-refractivity contribution in [3.05, 3.63) is 35.4 Å². The van der Waals surface area contributed by atoms with E-state index in [2.05, 4.69) is 0 Å². The van der Waals surface area contributed by atoms with Crippen LogP contribution in [-0.2, 0) is 5.54 Å². The Morgan fingerprint density at radius 3 is 2.15 bits per heavy atom. The first-order chi connectivity index (χ1) is 5.95. The van der Waals surface area contributed by atoms with Gasteiger partial charge in [-0.15, -0.1) is 0 Å². The van der Waals surface area contributed by atoms with Crippen LogP contribution in [0.4, 0.5) is 8.78 Å². The molecule has 0 bridgehead atoms. The molecule has 1 rings (SSSR count). The normalized spacial score (nSPS) is 15.5. The van der Waals surface area contributed by atoms with E-state index in [1.807, 2.05) is 0 Å². The lowest BCUT2D eigenvalue weighted by molar-refractivity contribution is 0.209. The highest BCUT2D eigenvalue weighted by Crippen LogP contribution is 2.19. The number of hydrogen-bond donors (Lipinski definition) is 2. The highest BCUT2D eigenvalue weighted by molar-refractivity contribution is 5.25. The number of aliphatic hydroxyl groups excluding tert-OH is 1. The minimum Gasteiger partial charge on any atom is -0.394 e. The van der Waals surface area contributed by atoms with Crippen molar-refractivity contribution in [2.45, 2.75) is 12.5 Å². The third-order valence-electron chi connectivity index (χ3n) is 1.85. The van der Waals surface area contributed by atoms with Crippen molar-refractivity contribution in [3.63, 3.8) is 0 Å². The highest BCUT2D eigenvalue weighted by Gasteiger charge is 2.21. The fourth-order valence-electron chi connectivity index (χ4n) is 0.975. The van der Waals surface area contributed by atoms with E-state index in [9.17, 15) is 8.78 Å². The average molecular weight is 187 g/mol. The van der Waals surface area contributed by atoms with Gasteiger partial charge in [0, 0.05) is 6.07 Å². The summed E-state index contributed by atoms with van der Waals surface area (Å²) in [6.45, 7) is 1.14. The van der Waals surface area contributed by atoms with Gasteiger partial charge in [-0.1, -0.05) is 0 Å². The summed E-state index contributed by atoms with van der Waals surface area (Å²) >= 11 is 0. The predicted octanol–water partition coefficient (Wildman–Crippen LogP) is 1.13. The average Bonchev–Trinajstić information content (AvgIpc) is 2.02. The lowest BCUT2D eigenvalue weighted by atomic mass is 9.94. The SMILES string of the molecule is CC(N)(CO)c1cc(F)cc(F)c1. The van der Waals surface area contributed by atoms with Gasteiger partial charge in [0.15, 0.2) is 0 Å².